The van der Waals surface area contributed by atoms with Crippen LogP contribution < -0.4 is 0 Å². The zero-order chi connectivity index (χ0) is 13.1. The van der Waals surface area contributed by atoms with E-state index in [2.05, 4.69) is 4.98 Å². The second kappa shape index (κ2) is 4.62. The van der Waals surface area contributed by atoms with Gasteiger partial charge in [-0.25, -0.2) is 9.78 Å². The largest absolute Gasteiger partial charge is 0.478 e. The topological polar surface area (TPSA) is 93.3 Å². The van der Waals surface area contributed by atoms with Gasteiger partial charge in [0.1, 0.15) is 6.20 Å². The Morgan fingerprint density at radius 2 is 1.94 bits per heavy atom. The van der Waals surface area contributed by atoms with Crippen LogP contribution >= 0.6 is 0 Å². The van der Waals surface area contributed by atoms with E-state index in [0.29, 0.717) is 11.3 Å². The highest BCUT2D eigenvalue weighted by Gasteiger charge is 2.13. The fourth-order valence-corrected chi connectivity index (χ4v) is 1.55. The van der Waals surface area contributed by atoms with E-state index in [1.807, 2.05) is 0 Å². The summed E-state index contributed by atoms with van der Waals surface area (Å²) in [6.45, 7) is 0. The summed E-state index contributed by atoms with van der Waals surface area (Å²) in [5, 5.41) is 19.5. The highest BCUT2D eigenvalue weighted by Crippen LogP contribution is 2.23. The summed E-state index contributed by atoms with van der Waals surface area (Å²) in [4.78, 5) is 24.9. The molecule has 0 amide bonds. The minimum absolute atomic E-state index is 0.110. The minimum Gasteiger partial charge on any atom is -0.478 e. The lowest BCUT2D eigenvalue weighted by Gasteiger charge is -2.04. The zero-order valence-corrected chi connectivity index (χ0v) is 9.11. The summed E-state index contributed by atoms with van der Waals surface area (Å²) in [5.41, 5.74) is 0.795. The molecule has 2 aromatic rings. The van der Waals surface area contributed by atoms with Crippen LogP contribution in [0.4, 0.5) is 5.69 Å². The molecule has 18 heavy (non-hydrogen) atoms. The molecule has 0 radical (unpaired) electrons. The van der Waals surface area contributed by atoms with Crippen LogP contribution in [0, 0.1) is 10.1 Å². The maximum atomic E-state index is 11.0. The molecule has 1 aromatic carbocycles. The summed E-state index contributed by atoms with van der Waals surface area (Å²) >= 11 is 0. The number of rotatable bonds is 3. The number of carbonyl (C=O) groups is 1. The van der Waals surface area contributed by atoms with Crippen molar-refractivity contribution in [2.45, 2.75) is 0 Å². The average Bonchev–Trinajstić information content (AvgIpc) is 2.39. The quantitative estimate of drug-likeness (QED) is 0.660. The third-order valence-electron chi connectivity index (χ3n) is 2.39. The predicted molar refractivity (Wildman–Crippen MR) is 63.3 cm³/mol. The molecule has 0 atom stereocenters. The van der Waals surface area contributed by atoms with Crippen molar-refractivity contribution < 1.29 is 14.8 Å². The first-order valence-corrected chi connectivity index (χ1v) is 5.03. The van der Waals surface area contributed by atoms with Gasteiger partial charge in [-0.3, -0.25) is 10.1 Å². The fraction of sp³-hybridized carbons (Fsp3) is 0. The van der Waals surface area contributed by atoms with E-state index < -0.39 is 10.9 Å². The molecule has 0 saturated carbocycles. The molecule has 0 saturated heterocycles. The molecule has 0 bridgehead atoms. The molecule has 1 N–H and O–H groups in total. The smallest absolute Gasteiger partial charge is 0.336 e. The third kappa shape index (κ3) is 2.17. The summed E-state index contributed by atoms with van der Waals surface area (Å²) in [6.07, 6.45) is 1.11. The maximum Gasteiger partial charge on any atom is 0.336 e. The number of carboxylic acid groups (broad SMARTS) is 1. The van der Waals surface area contributed by atoms with Crippen molar-refractivity contribution in [2.75, 3.05) is 0 Å². The number of nitro groups is 1. The lowest BCUT2D eigenvalue weighted by atomic mass is 10.0. The Hall–Kier alpha value is -2.76. The Kier molecular flexibility index (Phi) is 3.01. The summed E-state index contributed by atoms with van der Waals surface area (Å²) in [5.74, 6) is -1.06. The van der Waals surface area contributed by atoms with Gasteiger partial charge in [0, 0.05) is 11.6 Å². The van der Waals surface area contributed by atoms with Gasteiger partial charge in [0.05, 0.1) is 16.2 Å². The van der Waals surface area contributed by atoms with E-state index in [9.17, 15) is 14.9 Å². The van der Waals surface area contributed by atoms with E-state index in [1.54, 1.807) is 18.2 Å². The lowest BCUT2D eigenvalue weighted by Crippen LogP contribution is -2.00. The van der Waals surface area contributed by atoms with Gasteiger partial charge in [0.25, 0.3) is 5.69 Å². The second-order valence-corrected chi connectivity index (χ2v) is 3.51. The molecule has 1 aromatic heterocycles. The number of benzene rings is 1. The van der Waals surface area contributed by atoms with E-state index in [-0.39, 0.29) is 11.3 Å². The number of nitrogens with zero attached hydrogens (tertiary/aromatic N) is 2. The van der Waals surface area contributed by atoms with Gasteiger partial charge in [0.2, 0.25) is 0 Å². The molecule has 2 rings (SSSR count). The third-order valence-corrected chi connectivity index (χ3v) is 2.39. The van der Waals surface area contributed by atoms with E-state index >= 15 is 0 Å². The van der Waals surface area contributed by atoms with Gasteiger partial charge in [-0.1, -0.05) is 18.2 Å². The maximum absolute atomic E-state index is 11.0. The molecule has 0 spiro atoms. The zero-order valence-electron chi connectivity index (χ0n) is 9.11. The first-order valence-electron chi connectivity index (χ1n) is 5.03. The van der Waals surface area contributed by atoms with Crippen LogP contribution in [0.3, 0.4) is 0 Å². The Balaban J connectivity index is 2.49. The van der Waals surface area contributed by atoms with Crippen molar-refractivity contribution in [3.8, 4) is 11.3 Å². The van der Waals surface area contributed by atoms with Crippen LogP contribution in [0.5, 0.6) is 0 Å². The van der Waals surface area contributed by atoms with Crippen molar-refractivity contribution in [3.63, 3.8) is 0 Å². The summed E-state index contributed by atoms with van der Waals surface area (Å²) in [7, 11) is 0. The van der Waals surface area contributed by atoms with Crippen LogP contribution in [0.25, 0.3) is 11.3 Å². The number of aromatic carboxylic acids is 1. The molecule has 0 aliphatic heterocycles. The first-order chi connectivity index (χ1) is 8.59. The highest BCUT2D eigenvalue weighted by molar-refractivity contribution is 5.95. The number of hydrogen-bond acceptors (Lipinski definition) is 4. The van der Waals surface area contributed by atoms with Crippen LogP contribution in [0.15, 0.2) is 42.6 Å². The SMILES string of the molecule is O=C(O)c1ccccc1-c1ccc([N+](=O)[O-])cn1. The van der Waals surface area contributed by atoms with Gasteiger partial charge >= 0.3 is 5.97 Å². The predicted octanol–water partition coefficient (Wildman–Crippen LogP) is 2.36. The number of carboxylic acids is 1. The Labute approximate surface area is 102 Å². The van der Waals surface area contributed by atoms with E-state index in [4.69, 9.17) is 5.11 Å². The fourth-order valence-electron chi connectivity index (χ4n) is 1.55. The highest BCUT2D eigenvalue weighted by atomic mass is 16.6. The molecule has 6 nitrogen and oxygen atoms in total. The van der Waals surface area contributed by atoms with Gasteiger partial charge in [-0.05, 0) is 12.1 Å². The van der Waals surface area contributed by atoms with E-state index in [1.165, 1.54) is 18.2 Å². The van der Waals surface area contributed by atoms with Crippen LogP contribution in [-0.4, -0.2) is 21.0 Å². The molecule has 0 aliphatic carbocycles. The molecular weight excluding hydrogens is 236 g/mol. The Bertz CT molecular complexity index is 608. The summed E-state index contributed by atoms with van der Waals surface area (Å²) < 4.78 is 0. The van der Waals surface area contributed by atoms with Crippen LogP contribution in [-0.2, 0) is 0 Å². The van der Waals surface area contributed by atoms with Crippen LogP contribution in [0.1, 0.15) is 10.4 Å². The van der Waals surface area contributed by atoms with Crippen molar-refractivity contribution in [1.29, 1.82) is 0 Å². The summed E-state index contributed by atoms with van der Waals surface area (Å²) in [6, 6.07) is 9.09. The first kappa shape index (κ1) is 11.7. The van der Waals surface area contributed by atoms with Crippen LogP contribution in [0.2, 0.25) is 0 Å². The van der Waals surface area contributed by atoms with Crippen molar-refractivity contribution in [1.82, 2.24) is 4.98 Å². The van der Waals surface area contributed by atoms with Crippen molar-refractivity contribution in [2.24, 2.45) is 0 Å². The monoisotopic (exact) mass is 244 g/mol. The van der Waals surface area contributed by atoms with Gasteiger partial charge in [-0.15, -0.1) is 0 Å². The molecular formula is C12H8N2O4. The molecule has 1 heterocycles. The normalized spacial score (nSPS) is 10.0. The van der Waals surface area contributed by atoms with Crippen molar-refractivity contribution >= 4 is 11.7 Å². The molecule has 6 heteroatoms. The lowest BCUT2D eigenvalue weighted by molar-refractivity contribution is -0.385. The van der Waals surface area contributed by atoms with Gasteiger partial charge in [-0.2, -0.15) is 0 Å². The van der Waals surface area contributed by atoms with Crippen molar-refractivity contribution in [3.05, 3.63) is 58.3 Å². The number of hydrogen-bond donors (Lipinski definition) is 1. The Morgan fingerprint density at radius 1 is 1.22 bits per heavy atom. The average molecular weight is 244 g/mol. The standard InChI is InChI=1S/C12H8N2O4/c15-12(16)10-4-2-1-3-9(10)11-6-5-8(7-13-11)14(17)18/h1-7H,(H,15,16). The molecule has 90 valence electrons. The minimum atomic E-state index is -1.06. The van der Waals surface area contributed by atoms with E-state index in [0.717, 1.165) is 6.20 Å². The van der Waals surface area contributed by atoms with Gasteiger partial charge in [0.15, 0.2) is 0 Å². The Morgan fingerprint density at radius 3 is 2.50 bits per heavy atom. The molecule has 0 fully saturated rings. The second-order valence-electron chi connectivity index (χ2n) is 3.51. The number of pyridine rings is 1. The molecule has 0 unspecified atom stereocenters. The number of aromatic nitrogens is 1. The van der Waals surface area contributed by atoms with Gasteiger partial charge < -0.3 is 5.11 Å². The molecule has 0 aliphatic rings.